The molecule has 1 atom stereocenters. The second kappa shape index (κ2) is 14.4. The molecule has 0 bridgehead atoms. The third-order valence-corrected chi connectivity index (χ3v) is 6.42. The van der Waals surface area contributed by atoms with Crippen molar-refractivity contribution in [1.29, 1.82) is 0 Å². The van der Waals surface area contributed by atoms with Gasteiger partial charge < -0.3 is 20.4 Å². The predicted molar refractivity (Wildman–Crippen MR) is 144 cm³/mol. The zero-order valence-electron chi connectivity index (χ0n) is 20.1. The van der Waals surface area contributed by atoms with Gasteiger partial charge in [-0.3, -0.25) is 14.6 Å². The predicted octanol–water partition coefficient (Wildman–Crippen LogP) is 3.39. The fourth-order valence-corrected chi connectivity index (χ4v) is 4.60. The Bertz CT molecular complexity index is 767. The molecule has 2 aliphatic rings. The summed E-state index contributed by atoms with van der Waals surface area (Å²) in [5, 5.41) is 6.74. The Balaban J connectivity index is 0.00000385. The molecule has 8 heteroatoms. The summed E-state index contributed by atoms with van der Waals surface area (Å²) < 4.78 is 0. The standard InChI is InChI=1S/C25H39N5O2.HI/c1-3-26-25(27-16-14-23(31)29(2)18-20-10-6-4-7-11-20)28-22-15-17-30(19-22)24(32)21-12-8-5-9-13-21;/h4,6-7,10-11,21-22H,3,5,8-9,12-19H2,1-2H3,(H2,26,27,28);1H. The molecule has 1 heterocycles. The summed E-state index contributed by atoms with van der Waals surface area (Å²) >= 11 is 0. The van der Waals surface area contributed by atoms with Crippen LogP contribution in [-0.4, -0.2) is 66.8 Å². The van der Waals surface area contributed by atoms with Gasteiger partial charge in [0, 0.05) is 51.6 Å². The summed E-state index contributed by atoms with van der Waals surface area (Å²) in [5.74, 6) is 1.37. The van der Waals surface area contributed by atoms with Crippen LogP contribution in [0.5, 0.6) is 0 Å². The summed E-state index contributed by atoms with van der Waals surface area (Å²) in [6, 6.07) is 10.2. The number of likely N-dealkylation sites (tertiary alicyclic amines) is 1. The number of hydrogen-bond donors (Lipinski definition) is 2. The van der Waals surface area contributed by atoms with Crippen LogP contribution in [0.25, 0.3) is 0 Å². The van der Waals surface area contributed by atoms with Gasteiger partial charge in [0.25, 0.3) is 0 Å². The molecule has 1 saturated heterocycles. The molecule has 0 aromatic heterocycles. The molecular formula is C25H40IN5O2. The van der Waals surface area contributed by atoms with Gasteiger partial charge in [-0.2, -0.15) is 0 Å². The van der Waals surface area contributed by atoms with Crippen LogP contribution in [0.1, 0.15) is 57.4 Å². The molecule has 1 aromatic carbocycles. The van der Waals surface area contributed by atoms with Gasteiger partial charge in [0.1, 0.15) is 0 Å². The van der Waals surface area contributed by atoms with E-state index in [-0.39, 0.29) is 41.8 Å². The highest BCUT2D eigenvalue weighted by Gasteiger charge is 2.31. The van der Waals surface area contributed by atoms with Gasteiger partial charge in [-0.1, -0.05) is 49.6 Å². The van der Waals surface area contributed by atoms with Crippen molar-refractivity contribution in [1.82, 2.24) is 20.4 Å². The Morgan fingerprint density at radius 1 is 1.12 bits per heavy atom. The highest BCUT2D eigenvalue weighted by atomic mass is 127. The molecule has 2 fully saturated rings. The molecule has 2 N–H and O–H groups in total. The van der Waals surface area contributed by atoms with Gasteiger partial charge in [-0.05, 0) is 31.7 Å². The minimum absolute atomic E-state index is 0. The molecule has 0 radical (unpaired) electrons. The topological polar surface area (TPSA) is 77.0 Å². The number of guanidine groups is 1. The van der Waals surface area contributed by atoms with E-state index in [1.54, 1.807) is 4.90 Å². The molecule has 1 aliphatic carbocycles. The fourth-order valence-electron chi connectivity index (χ4n) is 4.60. The lowest BCUT2D eigenvalue weighted by Crippen LogP contribution is -2.45. The molecular weight excluding hydrogens is 529 g/mol. The second-order valence-corrected chi connectivity index (χ2v) is 9.00. The van der Waals surface area contributed by atoms with E-state index >= 15 is 0 Å². The van der Waals surface area contributed by atoms with Crippen molar-refractivity contribution in [3.05, 3.63) is 35.9 Å². The lowest BCUT2D eigenvalue weighted by Gasteiger charge is -2.26. The minimum Gasteiger partial charge on any atom is -0.357 e. The molecule has 2 amide bonds. The number of nitrogens with zero attached hydrogens (tertiary/aromatic N) is 3. The average Bonchev–Trinajstić information content (AvgIpc) is 3.28. The highest BCUT2D eigenvalue weighted by molar-refractivity contribution is 14.0. The smallest absolute Gasteiger partial charge is 0.225 e. The van der Waals surface area contributed by atoms with E-state index < -0.39 is 0 Å². The molecule has 33 heavy (non-hydrogen) atoms. The lowest BCUT2D eigenvalue weighted by molar-refractivity contribution is -0.135. The maximum atomic E-state index is 12.8. The number of carbonyl (C=O) groups is 2. The third-order valence-electron chi connectivity index (χ3n) is 6.42. The van der Waals surface area contributed by atoms with Crippen LogP contribution < -0.4 is 10.6 Å². The number of nitrogens with one attached hydrogen (secondary N) is 2. The van der Waals surface area contributed by atoms with Crippen molar-refractivity contribution in [2.75, 3.05) is 33.2 Å². The third kappa shape index (κ3) is 8.79. The van der Waals surface area contributed by atoms with Gasteiger partial charge in [0.15, 0.2) is 5.96 Å². The Kier molecular flexibility index (Phi) is 12.0. The average molecular weight is 570 g/mol. The van der Waals surface area contributed by atoms with Crippen LogP contribution in [0, 0.1) is 5.92 Å². The van der Waals surface area contributed by atoms with E-state index in [2.05, 4.69) is 15.6 Å². The highest BCUT2D eigenvalue weighted by Crippen LogP contribution is 2.26. The number of aliphatic imine (C=N–C) groups is 1. The van der Waals surface area contributed by atoms with Crippen molar-refractivity contribution in [2.45, 2.75) is 64.5 Å². The number of halogens is 1. The van der Waals surface area contributed by atoms with E-state index in [1.807, 2.05) is 49.2 Å². The Morgan fingerprint density at radius 3 is 2.55 bits per heavy atom. The molecule has 7 nitrogen and oxygen atoms in total. The zero-order valence-corrected chi connectivity index (χ0v) is 22.4. The van der Waals surface area contributed by atoms with Crippen molar-refractivity contribution in [2.24, 2.45) is 10.9 Å². The Hall–Kier alpha value is -1.84. The van der Waals surface area contributed by atoms with Crippen LogP contribution in [0.2, 0.25) is 0 Å². The summed E-state index contributed by atoms with van der Waals surface area (Å²) in [6.07, 6.45) is 7.03. The van der Waals surface area contributed by atoms with Crippen molar-refractivity contribution in [3.8, 4) is 0 Å². The van der Waals surface area contributed by atoms with Crippen LogP contribution >= 0.6 is 24.0 Å². The van der Waals surface area contributed by atoms with E-state index in [4.69, 9.17) is 0 Å². The first-order chi connectivity index (χ1) is 15.6. The molecule has 1 aromatic rings. The van der Waals surface area contributed by atoms with E-state index in [0.717, 1.165) is 50.4 Å². The molecule has 3 rings (SSSR count). The van der Waals surface area contributed by atoms with Crippen molar-refractivity contribution < 1.29 is 9.59 Å². The lowest BCUT2D eigenvalue weighted by atomic mass is 9.88. The van der Waals surface area contributed by atoms with E-state index in [9.17, 15) is 9.59 Å². The monoisotopic (exact) mass is 569 g/mol. The number of hydrogen-bond acceptors (Lipinski definition) is 3. The first-order valence-corrected chi connectivity index (χ1v) is 12.2. The summed E-state index contributed by atoms with van der Waals surface area (Å²) in [6.45, 7) is 5.38. The Labute approximate surface area is 215 Å². The first kappa shape index (κ1) is 27.4. The number of amides is 2. The molecule has 1 saturated carbocycles. The largest absolute Gasteiger partial charge is 0.357 e. The van der Waals surface area contributed by atoms with E-state index in [0.29, 0.717) is 25.4 Å². The maximum Gasteiger partial charge on any atom is 0.225 e. The quantitative estimate of drug-likeness (QED) is 0.286. The fraction of sp³-hybridized carbons (Fsp3) is 0.640. The van der Waals surface area contributed by atoms with Crippen LogP contribution in [0.15, 0.2) is 35.3 Å². The van der Waals surface area contributed by atoms with Gasteiger partial charge in [-0.15, -0.1) is 24.0 Å². The summed E-state index contributed by atoms with van der Waals surface area (Å²) in [5.41, 5.74) is 1.12. The molecule has 184 valence electrons. The van der Waals surface area contributed by atoms with Crippen molar-refractivity contribution in [3.63, 3.8) is 0 Å². The number of benzene rings is 1. The Morgan fingerprint density at radius 2 is 1.85 bits per heavy atom. The number of carbonyl (C=O) groups excluding carboxylic acids is 2. The van der Waals surface area contributed by atoms with Gasteiger partial charge >= 0.3 is 0 Å². The first-order valence-electron chi connectivity index (χ1n) is 12.2. The SMILES string of the molecule is CCNC(=NCCC(=O)N(C)Cc1ccccc1)NC1CCN(C(=O)C2CCCCC2)C1.I. The van der Waals surface area contributed by atoms with Crippen LogP contribution in [0.3, 0.4) is 0 Å². The summed E-state index contributed by atoms with van der Waals surface area (Å²) in [7, 11) is 1.83. The van der Waals surface area contributed by atoms with Gasteiger partial charge in [-0.25, -0.2) is 0 Å². The molecule has 1 unspecified atom stereocenters. The zero-order chi connectivity index (χ0) is 22.8. The van der Waals surface area contributed by atoms with Gasteiger partial charge in [0.05, 0.1) is 6.54 Å². The normalized spacial score (nSPS) is 19.0. The second-order valence-electron chi connectivity index (χ2n) is 9.00. The van der Waals surface area contributed by atoms with Crippen LogP contribution in [-0.2, 0) is 16.1 Å². The number of rotatable bonds is 8. The van der Waals surface area contributed by atoms with Crippen LogP contribution in [0.4, 0.5) is 0 Å². The minimum atomic E-state index is 0. The van der Waals surface area contributed by atoms with Crippen molar-refractivity contribution >= 4 is 41.8 Å². The van der Waals surface area contributed by atoms with E-state index in [1.165, 1.54) is 19.3 Å². The molecule has 1 aliphatic heterocycles. The maximum absolute atomic E-state index is 12.8. The summed E-state index contributed by atoms with van der Waals surface area (Å²) in [4.78, 5) is 33.7. The molecule has 0 spiro atoms. The van der Waals surface area contributed by atoms with Gasteiger partial charge in [0.2, 0.25) is 11.8 Å².